The van der Waals surface area contributed by atoms with Gasteiger partial charge in [0.05, 0.1) is 0 Å². The Bertz CT molecular complexity index is 816. The van der Waals surface area contributed by atoms with Crippen molar-refractivity contribution < 1.29 is 34.1 Å². The summed E-state index contributed by atoms with van der Waals surface area (Å²) in [5.41, 5.74) is -1.60. The molecule has 0 bridgehead atoms. The molecule has 1 aromatic rings. The van der Waals surface area contributed by atoms with Crippen LogP contribution in [-0.2, 0) is 19.9 Å². The van der Waals surface area contributed by atoms with E-state index in [0.717, 1.165) is 4.90 Å². The molecule has 0 aromatic heterocycles. The molecule has 3 unspecified atom stereocenters. The Kier molecular flexibility index (Phi) is 4.30. The molecule has 0 spiro atoms. The lowest BCUT2D eigenvalue weighted by Gasteiger charge is -2.31. The monoisotopic (exact) mass is 378 g/mol. The summed E-state index contributed by atoms with van der Waals surface area (Å²) >= 11 is 0. The van der Waals surface area contributed by atoms with Crippen LogP contribution in [0.2, 0.25) is 0 Å². The first-order valence-corrected chi connectivity index (χ1v) is 8.48. The second-order valence-electron chi connectivity index (χ2n) is 7.72. The smallest absolute Gasteiger partial charge is 0.412 e. The summed E-state index contributed by atoms with van der Waals surface area (Å²) in [4.78, 5) is 36.6. The number of rotatable bonds is 2. The molecule has 0 aliphatic carbocycles. The summed E-state index contributed by atoms with van der Waals surface area (Å²) in [5.74, 6) is -1.54. The van der Waals surface area contributed by atoms with Gasteiger partial charge >= 0.3 is 18.0 Å². The number of carbonyl (C=O) groups excluding carboxylic acids is 2. The van der Waals surface area contributed by atoms with Crippen LogP contribution in [-0.4, -0.2) is 51.0 Å². The molecule has 27 heavy (non-hydrogen) atoms. The Morgan fingerprint density at radius 2 is 1.96 bits per heavy atom. The second kappa shape index (κ2) is 6.12. The van der Waals surface area contributed by atoms with Gasteiger partial charge in [0.2, 0.25) is 0 Å². The van der Waals surface area contributed by atoms with Gasteiger partial charge in [-0.3, -0.25) is 9.69 Å². The molecule has 3 atom stereocenters. The number of aliphatic carboxylic acids is 1. The third kappa shape index (κ3) is 3.30. The van der Waals surface area contributed by atoms with E-state index in [1.165, 1.54) is 13.0 Å². The first kappa shape index (κ1) is 19.0. The lowest BCUT2D eigenvalue weighted by molar-refractivity contribution is -0.142. The van der Waals surface area contributed by atoms with Gasteiger partial charge in [0, 0.05) is 24.6 Å². The van der Waals surface area contributed by atoms with Crippen molar-refractivity contribution in [1.82, 2.24) is 4.90 Å². The number of likely N-dealkylation sites (tertiary alicyclic amines) is 1. The number of hydrogen-bond donors (Lipinski definition) is 3. The van der Waals surface area contributed by atoms with E-state index in [-0.39, 0.29) is 12.2 Å². The topological polar surface area (TPSA) is 125 Å². The van der Waals surface area contributed by atoms with E-state index in [4.69, 9.17) is 9.47 Å². The average Bonchev–Trinajstić information content (AvgIpc) is 2.94. The van der Waals surface area contributed by atoms with Crippen molar-refractivity contribution in [3.63, 3.8) is 0 Å². The van der Waals surface area contributed by atoms with Gasteiger partial charge in [0.25, 0.3) is 0 Å². The summed E-state index contributed by atoms with van der Waals surface area (Å²) in [5, 5.41) is 23.8. The molecule has 2 heterocycles. The van der Waals surface area contributed by atoms with E-state index >= 15 is 0 Å². The number of nitrogens with one attached hydrogen (secondary N) is 1. The van der Waals surface area contributed by atoms with Gasteiger partial charge in [-0.15, -0.1) is 0 Å². The number of esters is 1. The molecule has 0 saturated carbocycles. The highest BCUT2D eigenvalue weighted by Crippen LogP contribution is 2.50. The highest BCUT2D eigenvalue weighted by molar-refractivity contribution is 5.84. The zero-order valence-electron chi connectivity index (χ0n) is 15.5. The number of anilines is 1. The van der Waals surface area contributed by atoms with E-state index in [1.807, 2.05) is 0 Å². The van der Waals surface area contributed by atoms with Gasteiger partial charge < -0.3 is 25.0 Å². The molecule has 3 rings (SSSR count). The molecule has 1 saturated heterocycles. The minimum absolute atomic E-state index is 0.222. The van der Waals surface area contributed by atoms with Gasteiger partial charge in [-0.1, -0.05) is 0 Å². The number of carboxylic acids is 1. The van der Waals surface area contributed by atoms with Gasteiger partial charge in [-0.25, -0.2) is 9.59 Å². The Morgan fingerprint density at radius 3 is 2.52 bits per heavy atom. The summed E-state index contributed by atoms with van der Waals surface area (Å²) < 4.78 is 10.4. The predicted molar refractivity (Wildman–Crippen MR) is 93.2 cm³/mol. The van der Waals surface area contributed by atoms with Crippen LogP contribution < -0.4 is 10.1 Å². The molecule has 9 heteroatoms. The van der Waals surface area contributed by atoms with E-state index < -0.39 is 41.4 Å². The molecule has 0 radical (unpaired) electrons. The molecular formula is C18H22N2O7. The predicted octanol–water partition coefficient (Wildman–Crippen LogP) is 1.65. The van der Waals surface area contributed by atoms with E-state index in [9.17, 15) is 24.6 Å². The average molecular weight is 378 g/mol. The van der Waals surface area contributed by atoms with Crippen LogP contribution in [0, 0.1) is 0 Å². The van der Waals surface area contributed by atoms with Crippen LogP contribution in [0.15, 0.2) is 18.2 Å². The number of carbonyl (C=O) groups is 3. The van der Waals surface area contributed by atoms with E-state index in [0.29, 0.717) is 11.3 Å². The molecule has 1 amide bonds. The Balaban J connectivity index is 1.99. The normalized spacial score (nSPS) is 26.0. The first-order chi connectivity index (χ1) is 12.4. The van der Waals surface area contributed by atoms with Gasteiger partial charge in [-0.2, -0.15) is 0 Å². The Hall–Kier alpha value is -2.81. The zero-order valence-corrected chi connectivity index (χ0v) is 15.5. The summed E-state index contributed by atoms with van der Waals surface area (Å²) in [7, 11) is 0. The number of fused-ring (bicyclic) bond motifs is 3. The molecule has 3 N–H and O–H groups in total. The van der Waals surface area contributed by atoms with Crippen molar-refractivity contribution in [3.8, 4) is 5.75 Å². The number of benzene rings is 1. The molecular weight excluding hydrogens is 356 g/mol. The van der Waals surface area contributed by atoms with Crippen molar-refractivity contribution in [2.24, 2.45) is 0 Å². The molecule has 9 nitrogen and oxygen atoms in total. The molecule has 1 aromatic carbocycles. The Labute approximate surface area is 155 Å². The standard InChI is InChI=1S/C18H22N2O7/c1-9(21)26-10-5-6-12-11(7-10)18(25)8-13(14(22)23)20(15(18)19-12)16(24)27-17(2,3)4/h5-7,13,15,19,25H,8H2,1-4H3,(H,22,23). The Morgan fingerprint density at radius 1 is 1.30 bits per heavy atom. The fourth-order valence-electron chi connectivity index (χ4n) is 3.50. The third-order valence-corrected chi connectivity index (χ3v) is 4.47. The van der Waals surface area contributed by atoms with Crippen molar-refractivity contribution in [3.05, 3.63) is 23.8 Å². The number of amides is 1. The maximum atomic E-state index is 12.6. The fourth-order valence-corrected chi connectivity index (χ4v) is 3.50. The summed E-state index contributed by atoms with van der Waals surface area (Å²) in [6.07, 6.45) is -2.08. The molecule has 2 aliphatic heterocycles. The van der Waals surface area contributed by atoms with Crippen LogP contribution in [0.1, 0.15) is 39.7 Å². The lowest BCUT2D eigenvalue weighted by atomic mass is 9.91. The largest absolute Gasteiger partial charge is 0.480 e. The first-order valence-electron chi connectivity index (χ1n) is 8.48. The van der Waals surface area contributed by atoms with E-state index in [2.05, 4.69) is 5.32 Å². The van der Waals surface area contributed by atoms with Crippen LogP contribution in [0.25, 0.3) is 0 Å². The third-order valence-electron chi connectivity index (χ3n) is 4.47. The zero-order chi connectivity index (χ0) is 20.1. The van der Waals surface area contributed by atoms with Crippen molar-refractivity contribution in [2.75, 3.05) is 5.32 Å². The second-order valence-corrected chi connectivity index (χ2v) is 7.72. The minimum atomic E-state index is -1.66. The molecule has 1 fully saturated rings. The van der Waals surface area contributed by atoms with Gasteiger partial charge in [0.1, 0.15) is 29.2 Å². The lowest BCUT2D eigenvalue weighted by Crippen LogP contribution is -2.51. The molecule has 2 aliphatic rings. The fraction of sp³-hybridized carbons (Fsp3) is 0.500. The van der Waals surface area contributed by atoms with Gasteiger partial charge in [-0.05, 0) is 39.0 Å². The van der Waals surface area contributed by atoms with Crippen LogP contribution in [0.3, 0.4) is 0 Å². The van der Waals surface area contributed by atoms with Crippen LogP contribution in [0.4, 0.5) is 10.5 Å². The van der Waals surface area contributed by atoms with Crippen LogP contribution >= 0.6 is 0 Å². The molecule has 146 valence electrons. The van der Waals surface area contributed by atoms with Crippen LogP contribution in [0.5, 0.6) is 5.75 Å². The number of hydrogen-bond acceptors (Lipinski definition) is 7. The van der Waals surface area contributed by atoms with Crippen molar-refractivity contribution in [1.29, 1.82) is 0 Å². The van der Waals surface area contributed by atoms with Crippen molar-refractivity contribution in [2.45, 2.75) is 57.5 Å². The summed E-state index contributed by atoms with van der Waals surface area (Å²) in [6.45, 7) is 6.27. The van der Waals surface area contributed by atoms with E-state index in [1.54, 1.807) is 32.9 Å². The number of ether oxygens (including phenoxy) is 2. The summed E-state index contributed by atoms with van der Waals surface area (Å²) in [6, 6.07) is 3.35. The maximum Gasteiger partial charge on any atom is 0.412 e. The SMILES string of the molecule is CC(=O)Oc1ccc2c(c1)C1(O)CC(C(=O)O)N(C(=O)OC(C)(C)C)C1N2. The number of nitrogens with zero attached hydrogens (tertiary/aromatic N) is 1. The van der Waals surface area contributed by atoms with Crippen molar-refractivity contribution >= 4 is 23.7 Å². The van der Waals surface area contributed by atoms with Gasteiger partial charge in [0.15, 0.2) is 0 Å². The minimum Gasteiger partial charge on any atom is -0.480 e. The highest BCUT2D eigenvalue weighted by Gasteiger charge is 2.61. The number of carboxylic acid groups (broad SMARTS) is 1. The number of aliphatic hydroxyl groups is 1. The quantitative estimate of drug-likeness (QED) is 0.524. The maximum absolute atomic E-state index is 12.6. The highest BCUT2D eigenvalue weighted by atomic mass is 16.6.